The first-order valence-corrected chi connectivity index (χ1v) is 6.63. The normalized spacial score (nSPS) is 12.3. The van der Waals surface area contributed by atoms with Gasteiger partial charge in [0.25, 0.3) is 0 Å². The van der Waals surface area contributed by atoms with Gasteiger partial charge < -0.3 is 0 Å². The number of benzene rings is 2. The molecule has 2 nitrogen and oxygen atoms in total. The number of hydrogen-bond donors (Lipinski definition) is 2. The van der Waals surface area contributed by atoms with Crippen molar-refractivity contribution in [2.24, 2.45) is 5.84 Å². The summed E-state index contributed by atoms with van der Waals surface area (Å²) in [6, 6.07) is 13.4. The van der Waals surface area contributed by atoms with Crippen LogP contribution in [-0.2, 0) is 12.8 Å². The van der Waals surface area contributed by atoms with Gasteiger partial charge in [-0.2, -0.15) is 0 Å². The van der Waals surface area contributed by atoms with E-state index in [1.807, 2.05) is 30.3 Å². The summed E-state index contributed by atoms with van der Waals surface area (Å²) in [4.78, 5) is 0. The molecule has 0 aliphatic carbocycles. The molecule has 1 unspecified atom stereocenters. The topological polar surface area (TPSA) is 38.0 Å². The first-order valence-electron chi connectivity index (χ1n) is 6.63. The van der Waals surface area contributed by atoms with E-state index in [1.54, 1.807) is 0 Å². The minimum Gasteiger partial charge on any atom is -0.271 e. The molecule has 3 N–H and O–H groups in total. The van der Waals surface area contributed by atoms with E-state index in [-0.39, 0.29) is 6.04 Å². The van der Waals surface area contributed by atoms with Crippen LogP contribution in [0.2, 0.25) is 0 Å². The van der Waals surface area contributed by atoms with Gasteiger partial charge in [0.2, 0.25) is 0 Å². The molecule has 1 atom stereocenters. The number of rotatable bonds is 6. The van der Waals surface area contributed by atoms with Crippen LogP contribution in [0.25, 0.3) is 0 Å². The Bertz CT molecular complexity index is 543. The van der Waals surface area contributed by atoms with Gasteiger partial charge in [-0.25, -0.2) is 8.78 Å². The first-order chi connectivity index (χ1) is 9.69. The smallest absolute Gasteiger partial charge is 0.126 e. The predicted octanol–water partition coefficient (Wildman–Crippen LogP) is 2.97. The third kappa shape index (κ3) is 4.11. The van der Waals surface area contributed by atoms with Gasteiger partial charge >= 0.3 is 0 Å². The van der Waals surface area contributed by atoms with Gasteiger partial charge in [-0.15, -0.1) is 0 Å². The van der Waals surface area contributed by atoms with Gasteiger partial charge in [0.1, 0.15) is 11.6 Å². The maximum atomic E-state index is 13.6. The van der Waals surface area contributed by atoms with Crippen LogP contribution >= 0.6 is 0 Å². The molecule has 2 aromatic carbocycles. The Labute approximate surface area is 117 Å². The predicted molar refractivity (Wildman–Crippen MR) is 75.9 cm³/mol. The second-order valence-corrected chi connectivity index (χ2v) is 4.83. The van der Waals surface area contributed by atoms with E-state index in [0.717, 1.165) is 25.0 Å². The van der Waals surface area contributed by atoms with E-state index in [1.165, 1.54) is 11.6 Å². The van der Waals surface area contributed by atoms with Crippen LogP contribution in [0, 0.1) is 11.6 Å². The summed E-state index contributed by atoms with van der Waals surface area (Å²) in [5.41, 5.74) is 4.23. The fourth-order valence-corrected chi connectivity index (χ4v) is 2.20. The van der Waals surface area contributed by atoms with Crippen molar-refractivity contribution >= 4 is 0 Å². The lowest BCUT2D eigenvalue weighted by Gasteiger charge is -2.16. The number of nitrogens with one attached hydrogen (secondary N) is 1. The summed E-state index contributed by atoms with van der Waals surface area (Å²) in [5, 5.41) is 0. The maximum Gasteiger partial charge on any atom is 0.126 e. The van der Waals surface area contributed by atoms with Crippen molar-refractivity contribution in [1.29, 1.82) is 0 Å². The van der Waals surface area contributed by atoms with Gasteiger partial charge in [0.15, 0.2) is 0 Å². The Morgan fingerprint density at radius 1 is 1.05 bits per heavy atom. The van der Waals surface area contributed by atoms with Crippen LogP contribution in [0.15, 0.2) is 48.5 Å². The van der Waals surface area contributed by atoms with Crippen molar-refractivity contribution in [2.45, 2.75) is 25.3 Å². The SMILES string of the molecule is NNC(CCc1ccccc1)Cc1cc(F)ccc1F. The molecule has 0 fully saturated rings. The van der Waals surface area contributed by atoms with Gasteiger partial charge in [0.05, 0.1) is 0 Å². The van der Waals surface area contributed by atoms with Crippen LogP contribution < -0.4 is 11.3 Å². The summed E-state index contributed by atoms with van der Waals surface area (Å²) in [6.07, 6.45) is 1.97. The van der Waals surface area contributed by atoms with Crippen LogP contribution in [0.5, 0.6) is 0 Å². The minimum absolute atomic E-state index is 0.0912. The van der Waals surface area contributed by atoms with Crippen molar-refractivity contribution in [3.05, 3.63) is 71.3 Å². The molecule has 20 heavy (non-hydrogen) atoms. The summed E-state index contributed by atoms with van der Waals surface area (Å²) < 4.78 is 26.7. The molecule has 0 amide bonds. The molecule has 4 heteroatoms. The molecular formula is C16H18F2N2. The highest BCUT2D eigenvalue weighted by Gasteiger charge is 2.12. The molecule has 106 valence electrons. The third-order valence-corrected chi connectivity index (χ3v) is 3.33. The Hall–Kier alpha value is -1.78. The summed E-state index contributed by atoms with van der Waals surface area (Å²) in [6.45, 7) is 0. The van der Waals surface area contributed by atoms with Crippen LogP contribution in [0.4, 0.5) is 8.78 Å². The molecular weight excluding hydrogens is 258 g/mol. The van der Waals surface area contributed by atoms with Crippen LogP contribution in [0.3, 0.4) is 0 Å². The average molecular weight is 276 g/mol. The highest BCUT2D eigenvalue weighted by atomic mass is 19.1. The number of halogens is 2. The second kappa shape index (κ2) is 7.12. The van der Waals surface area contributed by atoms with E-state index in [2.05, 4.69) is 5.43 Å². The Morgan fingerprint density at radius 3 is 2.50 bits per heavy atom. The lowest BCUT2D eigenvalue weighted by Crippen LogP contribution is -2.37. The zero-order valence-corrected chi connectivity index (χ0v) is 11.2. The van der Waals surface area contributed by atoms with Gasteiger partial charge in [-0.3, -0.25) is 11.3 Å². The van der Waals surface area contributed by atoms with Crippen LogP contribution in [0.1, 0.15) is 17.5 Å². The summed E-state index contributed by atoms with van der Waals surface area (Å²) in [7, 11) is 0. The Balaban J connectivity index is 1.97. The quantitative estimate of drug-likeness (QED) is 0.629. The molecule has 0 saturated heterocycles. The van der Waals surface area contributed by atoms with Gasteiger partial charge in [-0.1, -0.05) is 30.3 Å². The number of hydrogen-bond acceptors (Lipinski definition) is 2. The molecule has 0 aliphatic heterocycles. The van der Waals surface area contributed by atoms with Crippen molar-refractivity contribution < 1.29 is 8.78 Å². The monoisotopic (exact) mass is 276 g/mol. The third-order valence-electron chi connectivity index (χ3n) is 3.33. The van der Waals surface area contributed by atoms with Gasteiger partial charge in [0, 0.05) is 6.04 Å². The van der Waals surface area contributed by atoms with Crippen molar-refractivity contribution in [3.63, 3.8) is 0 Å². The molecule has 2 aromatic rings. The van der Waals surface area contributed by atoms with Crippen molar-refractivity contribution in [2.75, 3.05) is 0 Å². The highest BCUT2D eigenvalue weighted by molar-refractivity contribution is 5.20. The number of nitrogens with two attached hydrogens (primary N) is 1. The molecule has 0 saturated carbocycles. The largest absolute Gasteiger partial charge is 0.271 e. The number of hydrazine groups is 1. The average Bonchev–Trinajstić information content (AvgIpc) is 2.48. The van der Waals surface area contributed by atoms with E-state index >= 15 is 0 Å². The molecule has 2 rings (SSSR count). The van der Waals surface area contributed by atoms with E-state index in [4.69, 9.17) is 5.84 Å². The molecule has 0 aromatic heterocycles. The van der Waals surface area contributed by atoms with Crippen molar-refractivity contribution in [3.8, 4) is 0 Å². The molecule has 0 aliphatic rings. The van der Waals surface area contributed by atoms with E-state index in [0.29, 0.717) is 12.0 Å². The Kier molecular flexibility index (Phi) is 5.21. The van der Waals surface area contributed by atoms with Crippen molar-refractivity contribution in [1.82, 2.24) is 5.43 Å². The summed E-state index contributed by atoms with van der Waals surface area (Å²) >= 11 is 0. The fraction of sp³-hybridized carbons (Fsp3) is 0.250. The van der Waals surface area contributed by atoms with Gasteiger partial charge in [-0.05, 0) is 48.6 Å². The lowest BCUT2D eigenvalue weighted by atomic mass is 9.99. The standard InChI is InChI=1S/C16H18F2N2/c17-14-7-9-16(18)13(10-14)11-15(20-19)8-6-12-4-2-1-3-5-12/h1-5,7,9-10,15,20H,6,8,11,19H2. The van der Waals surface area contributed by atoms with Crippen LogP contribution in [-0.4, -0.2) is 6.04 Å². The van der Waals surface area contributed by atoms with E-state index < -0.39 is 11.6 Å². The second-order valence-electron chi connectivity index (χ2n) is 4.83. The summed E-state index contributed by atoms with van der Waals surface area (Å²) in [5.74, 6) is 4.68. The zero-order valence-electron chi connectivity index (χ0n) is 11.2. The molecule has 0 radical (unpaired) electrons. The molecule has 0 heterocycles. The number of aryl methyl sites for hydroxylation is 1. The lowest BCUT2D eigenvalue weighted by molar-refractivity contribution is 0.477. The zero-order chi connectivity index (χ0) is 14.4. The fourth-order valence-electron chi connectivity index (χ4n) is 2.20. The Morgan fingerprint density at radius 2 is 1.80 bits per heavy atom. The molecule has 0 spiro atoms. The maximum absolute atomic E-state index is 13.6. The first kappa shape index (κ1) is 14.6. The van der Waals surface area contributed by atoms with E-state index in [9.17, 15) is 8.78 Å². The highest BCUT2D eigenvalue weighted by Crippen LogP contribution is 2.14. The minimum atomic E-state index is -0.430. The molecule has 0 bridgehead atoms.